The van der Waals surface area contributed by atoms with Gasteiger partial charge in [-0.1, -0.05) is 46.3 Å². The fourth-order valence-electron chi connectivity index (χ4n) is 5.22. The Morgan fingerprint density at radius 2 is 1.85 bits per heavy atom. The van der Waals surface area contributed by atoms with Crippen LogP contribution in [0.15, 0.2) is 70.0 Å². The van der Waals surface area contributed by atoms with E-state index in [1.807, 2.05) is 12.1 Å². The van der Waals surface area contributed by atoms with Crippen molar-refractivity contribution in [2.24, 2.45) is 11.7 Å². The van der Waals surface area contributed by atoms with E-state index in [2.05, 4.69) is 26.0 Å². The first kappa shape index (κ1) is 28.7. The lowest BCUT2D eigenvalue weighted by Gasteiger charge is -2.33. The zero-order valence-electron chi connectivity index (χ0n) is 22.0. The number of halogens is 1. The molecule has 1 fully saturated rings. The normalized spacial score (nSPS) is 17.9. The fraction of sp³-hybridized carbons (Fsp3) is 0.286. The fourth-order valence-corrected chi connectivity index (χ4v) is 6.80. The van der Waals surface area contributed by atoms with Crippen molar-refractivity contribution in [1.82, 2.24) is 14.9 Å². The summed E-state index contributed by atoms with van der Waals surface area (Å²) >= 11 is 3.30. The summed E-state index contributed by atoms with van der Waals surface area (Å²) in [5.41, 5.74) is 6.11. The van der Waals surface area contributed by atoms with E-state index in [1.54, 1.807) is 35.2 Å². The predicted molar refractivity (Wildman–Crippen MR) is 158 cm³/mol. The van der Waals surface area contributed by atoms with Gasteiger partial charge < -0.3 is 20.9 Å². The van der Waals surface area contributed by atoms with Crippen molar-refractivity contribution in [3.63, 3.8) is 0 Å². The van der Waals surface area contributed by atoms with E-state index in [-0.39, 0.29) is 35.4 Å². The number of guanidine groups is 1. The van der Waals surface area contributed by atoms with E-state index in [9.17, 15) is 22.8 Å². The number of amides is 2. The number of benzene rings is 3. The Hall–Kier alpha value is -3.81. The minimum atomic E-state index is -4.21. The Bertz CT molecular complexity index is 1660. The van der Waals surface area contributed by atoms with Crippen LogP contribution in [0.4, 0.5) is 5.69 Å². The number of nitrogens with zero attached hydrogens (tertiary/aromatic N) is 2. The third-order valence-electron chi connectivity index (χ3n) is 7.37. The predicted octanol–water partition coefficient (Wildman–Crippen LogP) is 2.20. The Labute approximate surface area is 245 Å². The molecular weight excluding hydrogens is 612 g/mol. The molecule has 1 saturated heterocycles. The monoisotopic (exact) mass is 640 g/mol. The summed E-state index contributed by atoms with van der Waals surface area (Å²) in [5, 5.41) is 12.1. The molecule has 214 valence electrons. The molecule has 0 radical (unpaired) electrons. The zero-order chi connectivity index (χ0) is 29.3. The molecule has 2 amide bonds. The van der Waals surface area contributed by atoms with Gasteiger partial charge in [-0.05, 0) is 59.9 Å². The Morgan fingerprint density at radius 3 is 2.61 bits per heavy atom. The molecule has 5 rings (SSSR count). The summed E-state index contributed by atoms with van der Waals surface area (Å²) in [6.45, 7) is 0.994. The molecule has 41 heavy (non-hydrogen) atoms. The molecule has 0 spiro atoms. The molecule has 5 N–H and O–H groups in total. The van der Waals surface area contributed by atoms with Gasteiger partial charge in [-0.2, -0.15) is 4.72 Å². The number of sulfonamides is 1. The van der Waals surface area contributed by atoms with Crippen LogP contribution in [-0.2, 0) is 19.6 Å². The van der Waals surface area contributed by atoms with Crippen molar-refractivity contribution < 1.29 is 22.8 Å². The minimum absolute atomic E-state index is 0.00224. The number of hydrogen-bond donors (Lipinski definition) is 4. The van der Waals surface area contributed by atoms with Crippen molar-refractivity contribution in [2.75, 3.05) is 31.1 Å². The second-order valence-corrected chi connectivity index (χ2v) is 12.8. The van der Waals surface area contributed by atoms with Crippen LogP contribution >= 0.6 is 15.9 Å². The molecule has 2 heterocycles. The van der Waals surface area contributed by atoms with Crippen LogP contribution in [-0.4, -0.2) is 69.1 Å². The van der Waals surface area contributed by atoms with Gasteiger partial charge >= 0.3 is 0 Å². The lowest BCUT2D eigenvalue weighted by atomic mass is 9.98. The maximum atomic E-state index is 13.5. The van der Waals surface area contributed by atoms with E-state index in [0.29, 0.717) is 28.6 Å². The van der Waals surface area contributed by atoms with Crippen LogP contribution in [0.1, 0.15) is 23.2 Å². The standard InChI is InChI=1S/C28H29BrN6O5S/c29-20-8-10-24-22(13-20)25(36)27(38)35(24)16-23(26(37)32-14-17-4-3-11-34(15-17)28(30)31)33-41(39,40)21-9-7-18-5-1-2-6-19(18)12-21/h1-2,5-10,12-13,17,23,33H,3-4,11,14-16H2,(H3,30,31)(H,32,37)/t17-,23+/m0/s1. The van der Waals surface area contributed by atoms with E-state index in [1.165, 1.54) is 18.2 Å². The van der Waals surface area contributed by atoms with E-state index in [4.69, 9.17) is 11.1 Å². The molecule has 0 aromatic heterocycles. The summed E-state index contributed by atoms with van der Waals surface area (Å²) in [7, 11) is -4.21. The number of carbonyl (C=O) groups excluding carboxylic acids is 3. The first-order chi connectivity index (χ1) is 19.5. The number of nitrogens with one attached hydrogen (secondary N) is 3. The van der Waals surface area contributed by atoms with Crippen LogP contribution in [0.3, 0.4) is 0 Å². The summed E-state index contributed by atoms with van der Waals surface area (Å²) in [5.74, 6) is -2.25. The summed E-state index contributed by atoms with van der Waals surface area (Å²) in [6.07, 6.45) is 1.60. The number of piperidine rings is 1. The minimum Gasteiger partial charge on any atom is -0.370 e. The highest BCUT2D eigenvalue weighted by atomic mass is 79.9. The van der Waals surface area contributed by atoms with Gasteiger partial charge in [0.05, 0.1) is 22.7 Å². The van der Waals surface area contributed by atoms with Crippen molar-refractivity contribution in [1.29, 1.82) is 5.41 Å². The van der Waals surface area contributed by atoms with Crippen molar-refractivity contribution in [2.45, 2.75) is 23.8 Å². The van der Waals surface area contributed by atoms with Crippen molar-refractivity contribution >= 4 is 66.0 Å². The number of fused-ring (bicyclic) bond motifs is 2. The van der Waals surface area contributed by atoms with Crippen molar-refractivity contribution in [3.8, 4) is 0 Å². The molecule has 0 saturated carbocycles. The molecule has 3 aromatic rings. The average molecular weight is 642 g/mol. The van der Waals surface area contributed by atoms with Crippen LogP contribution in [0.2, 0.25) is 0 Å². The first-order valence-electron chi connectivity index (χ1n) is 13.1. The highest BCUT2D eigenvalue weighted by Gasteiger charge is 2.39. The van der Waals surface area contributed by atoms with Gasteiger partial charge in [-0.25, -0.2) is 8.42 Å². The highest BCUT2D eigenvalue weighted by molar-refractivity contribution is 9.10. The zero-order valence-corrected chi connectivity index (χ0v) is 24.4. The number of Topliss-reactive ketones (excluding diaryl/α,β-unsaturated/α-hetero) is 1. The molecule has 13 heteroatoms. The van der Waals surface area contributed by atoms with Crippen LogP contribution in [0.25, 0.3) is 10.8 Å². The third kappa shape index (κ3) is 6.11. The molecule has 0 bridgehead atoms. The topological polar surface area (TPSA) is 166 Å². The van der Waals surface area contributed by atoms with Gasteiger partial charge in [0.2, 0.25) is 15.9 Å². The maximum absolute atomic E-state index is 13.5. The number of rotatable bonds is 8. The third-order valence-corrected chi connectivity index (χ3v) is 9.33. The number of carbonyl (C=O) groups is 3. The second kappa shape index (κ2) is 11.6. The highest BCUT2D eigenvalue weighted by Crippen LogP contribution is 2.31. The summed E-state index contributed by atoms with van der Waals surface area (Å²) in [4.78, 5) is 42.0. The Balaban J connectivity index is 1.40. The number of ketones is 1. The first-order valence-corrected chi connectivity index (χ1v) is 15.3. The van der Waals surface area contributed by atoms with Crippen LogP contribution in [0, 0.1) is 11.3 Å². The molecule has 0 aliphatic carbocycles. The second-order valence-electron chi connectivity index (χ2n) is 10.2. The van der Waals surface area contributed by atoms with Gasteiger partial charge in [0.1, 0.15) is 6.04 Å². The lowest BCUT2D eigenvalue weighted by Crippen LogP contribution is -2.54. The quantitative estimate of drug-likeness (QED) is 0.166. The summed E-state index contributed by atoms with van der Waals surface area (Å²) in [6, 6.07) is 15.3. The van der Waals surface area contributed by atoms with Gasteiger partial charge in [0.25, 0.3) is 11.7 Å². The molecule has 11 nitrogen and oxygen atoms in total. The lowest BCUT2D eigenvalue weighted by molar-refractivity contribution is -0.122. The Morgan fingerprint density at radius 1 is 1.10 bits per heavy atom. The number of anilines is 1. The number of nitrogens with two attached hydrogens (primary N) is 1. The van der Waals surface area contributed by atoms with Gasteiger partial charge in [0.15, 0.2) is 5.96 Å². The smallest absolute Gasteiger partial charge is 0.299 e. The molecule has 2 aliphatic heterocycles. The van der Waals surface area contributed by atoms with Crippen LogP contribution in [0.5, 0.6) is 0 Å². The number of hydrogen-bond acceptors (Lipinski definition) is 6. The SMILES string of the molecule is N=C(N)N1CCC[C@@H](CNC(=O)[C@@H](CN2C(=O)C(=O)c3cc(Br)ccc32)NS(=O)(=O)c2ccc3ccccc3c2)C1. The molecular formula is C28H29BrN6O5S. The maximum Gasteiger partial charge on any atom is 0.299 e. The largest absolute Gasteiger partial charge is 0.370 e. The molecule has 0 unspecified atom stereocenters. The molecule has 2 atom stereocenters. The molecule has 2 aliphatic rings. The van der Waals surface area contributed by atoms with Crippen molar-refractivity contribution in [3.05, 3.63) is 70.7 Å². The van der Waals surface area contributed by atoms with E-state index in [0.717, 1.165) is 23.1 Å². The van der Waals surface area contributed by atoms with Gasteiger partial charge in [0, 0.05) is 24.1 Å². The van der Waals surface area contributed by atoms with Crippen LogP contribution < -0.4 is 20.7 Å². The van der Waals surface area contributed by atoms with Gasteiger partial charge in [-0.15, -0.1) is 0 Å². The van der Waals surface area contributed by atoms with Gasteiger partial charge in [-0.3, -0.25) is 19.8 Å². The van der Waals surface area contributed by atoms with E-state index >= 15 is 0 Å². The molecule has 3 aromatic carbocycles. The average Bonchev–Trinajstić information content (AvgIpc) is 3.19. The Kier molecular flexibility index (Phi) is 8.11. The summed E-state index contributed by atoms with van der Waals surface area (Å²) < 4.78 is 30.1. The van der Waals surface area contributed by atoms with E-state index < -0.39 is 33.7 Å². The number of likely N-dealkylation sites (tertiary alicyclic amines) is 1.